The molecule has 37 heavy (non-hydrogen) atoms. The lowest BCUT2D eigenvalue weighted by atomic mass is 9.76. The van der Waals surface area contributed by atoms with E-state index in [4.69, 9.17) is 4.74 Å². The molecule has 3 aromatic carbocycles. The second kappa shape index (κ2) is 8.76. The molecule has 2 amide bonds. The van der Waals surface area contributed by atoms with Crippen LogP contribution in [0.4, 0.5) is 4.39 Å². The van der Waals surface area contributed by atoms with Gasteiger partial charge in [0.25, 0.3) is 5.91 Å². The SMILES string of the molecule is COc1ccc([C@@H]2CN3C(=O)CN(CCc4cccc(F)c4)C(=O)[C@]3(C)c3[nH]c4ccccc4c32)cc1. The minimum Gasteiger partial charge on any atom is -0.497 e. The minimum atomic E-state index is -1.16. The van der Waals surface area contributed by atoms with Gasteiger partial charge in [-0.2, -0.15) is 0 Å². The number of benzene rings is 3. The molecular formula is C30H28FN3O3. The Bertz CT molecular complexity index is 1510. The lowest BCUT2D eigenvalue weighted by Crippen LogP contribution is -2.67. The van der Waals surface area contributed by atoms with E-state index in [1.54, 1.807) is 23.0 Å². The van der Waals surface area contributed by atoms with Crippen molar-refractivity contribution in [1.29, 1.82) is 0 Å². The van der Waals surface area contributed by atoms with Crippen molar-refractivity contribution in [2.24, 2.45) is 0 Å². The normalized spacial score (nSPS) is 21.2. The van der Waals surface area contributed by atoms with E-state index in [1.165, 1.54) is 12.1 Å². The van der Waals surface area contributed by atoms with Crippen LogP contribution < -0.4 is 4.74 Å². The second-order valence-corrected chi connectivity index (χ2v) is 9.97. The average Bonchev–Trinajstić information content (AvgIpc) is 3.31. The number of nitrogens with one attached hydrogen (secondary N) is 1. The van der Waals surface area contributed by atoms with Crippen molar-refractivity contribution < 1.29 is 18.7 Å². The molecule has 0 radical (unpaired) electrons. The van der Waals surface area contributed by atoms with Crippen molar-refractivity contribution in [1.82, 2.24) is 14.8 Å². The fraction of sp³-hybridized carbons (Fsp3) is 0.267. The quantitative estimate of drug-likeness (QED) is 0.439. The Kier molecular flexibility index (Phi) is 5.51. The smallest absolute Gasteiger partial charge is 0.254 e. The van der Waals surface area contributed by atoms with Crippen LogP contribution in [0.1, 0.15) is 35.2 Å². The highest BCUT2D eigenvalue weighted by atomic mass is 19.1. The number of carbonyl (C=O) groups excluding carboxylic acids is 2. The van der Waals surface area contributed by atoms with Crippen molar-refractivity contribution in [3.8, 4) is 5.75 Å². The Labute approximate surface area is 214 Å². The Morgan fingerprint density at radius 3 is 2.59 bits per heavy atom. The molecule has 6 nitrogen and oxygen atoms in total. The molecule has 2 atom stereocenters. The van der Waals surface area contributed by atoms with Gasteiger partial charge in [-0.15, -0.1) is 0 Å². The summed E-state index contributed by atoms with van der Waals surface area (Å²) in [6.45, 7) is 2.60. The molecule has 2 aliphatic heterocycles. The standard InChI is InChI=1S/C30H28FN3O3/c1-30-28-27(23-8-3-4-9-25(23)32-28)24(20-10-12-22(37-2)13-11-20)17-34(30)26(35)18-33(29(30)36)15-14-19-6-5-7-21(31)16-19/h3-13,16,24,32H,14-15,17-18H2,1-2H3/t24-,30-/m0/s1. The number of hydrogen-bond donors (Lipinski definition) is 1. The van der Waals surface area contributed by atoms with Crippen molar-refractivity contribution in [2.45, 2.75) is 24.8 Å². The zero-order chi connectivity index (χ0) is 25.7. The number of H-pyrrole nitrogens is 1. The van der Waals surface area contributed by atoms with Gasteiger partial charge < -0.3 is 19.5 Å². The number of aromatic amines is 1. The third kappa shape index (κ3) is 3.68. The third-order valence-corrected chi connectivity index (χ3v) is 7.89. The predicted molar refractivity (Wildman–Crippen MR) is 139 cm³/mol. The number of carbonyl (C=O) groups is 2. The molecule has 1 N–H and O–H groups in total. The van der Waals surface area contributed by atoms with Gasteiger partial charge in [0.05, 0.1) is 19.3 Å². The summed E-state index contributed by atoms with van der Waals surface area (Å²) in [7, 11) is 1.64. The Morgan fingerprint density at radius 2 is 1.84 bits per heavy atom. The molecule has 0 unspecified atom stereocenters. The van der Waals surface area contributed by atoms with Gasteiger partial charge in [0, 0.05) is 29.9 Å². The van der Waals surface area contributed by atoms with E-state index in [2.05, 4.69) is 11.1 Å². The highest BCUT2D eigenvalue weighted by molar-refractivity contribution is 6.01. The van der Waals surface area contributed by atoms with Gasteiger partial charge in [-0.3, -0.25) is 9.59 Å². The number of nitrogens with zero attached hydrogens (tertiary/aromatic N) is 2. The van der Waals surface area contributed by atoms with Gasteiger partial charge in [0.2, 0.25) is 5.91 Å². The second-order valence-electron chi connectivity index (χ2n) is 9.97. The monoisotopic (exact) mass is 497 g/mol. The molecular weight excluding hydrogens is 469 g/mol. The predicted octanol–water partition coefficient (Wildman–Crippen LogP) is 4.59. The van der Waals surface area contributed by atoms with Gasteiger partial charge in [-0.25, -0.2) is 4.39 Å². The first-order valence-corrected chi connectivity index (χ1v) is 12.5. The summed E-state index contributed by atoms with van der Waals surface area (Å²) < 4.78 is 19.0. The summed E-state index contributed by atoms with van der Waals surface area (Å²) in [6, 6.07) is 22.3. The summed E-state index contributed by atoms with van der Waals surface area (Å²) in [5.74, 6) is 0.146. The van der Waals surface area contributed by atoms with E-state index in [9.17, 15) is 14.0 Å². The van der Waals surface area contributed by atoms with E-state index >= 15 is 0 Å². The number of aromatic nitrogens is 1. The van der Waals surface area contributed by atoms with Crippen LogP contribution >= 0.6 is 0 Å². The number of halogens is 1. The van der Waals surface area contributed by atoms with Gasteiger partial charge in [0.1, 0.15) is 11.6 Å². The average molecular weight is 498 g/mol. The molecule has 3 heterocycles. The maximum absolute atomic E-state index is 14.1. The van der Waals surface area contributed by atoms with E-state index < -0.39 is 5.54 Å². The maximum Gasteiger partial charge on any atom is 0.254 e. The Hall–Kier alpha value is -4.13. The first-order valence-electron chi connectivity index (χ1n) is 12.5. The third-order valence-electron chi connectivity index (χ3n) is 7.89. The van der Waals surface area contributed by atoms with Crippen LogP contribution in [0.15, 0.2) is 72.8 Å². The number of para-hydroxylation sites is 1. The molecule has 7 heteroatoms. The van der Waals surface area contributed by atoms with Gasteiger partial charge in [0.15, 0.2) is 5.54 Å². The number of ether oxygens (including phenoxy) is 1. The lowest BCUT2D eigenvalue weighted by Gasteiger charge is -2.51. The number of rotatable bonds is 5. The highest BCUT2D eigenvalue weighted by Gasteiger charge is 2.56. The molecule has 1 saturated heterocycles. The molecule has 0 bridgehead atoms. The fourth-order valence-corrected chi connectivity index (χ4v) is 5.95. The molecule has 4 aromatic rings. The van der Waals surface area contributed by atoms with Crippen molar-refractivity contribution in [3.63, 3.8) is 0 Å². The lowest BCUT2D eigenvalue weighted by molar-refractivity contribution is -0.166. The summed E-state index contributed by atoms with van der Waals surface area (Å²) in [4.78, 5) is 34.6. The molecule has 0 spiro atoms. The number of amides is 2. The zero-order valence-electron chi connectivity index (χ0n) is 20.8. The van der Waals surface area contributed by atoms with E-state index in [0.717, 1.165) is 39.0 Å². The van der Waals surface area contributed by atoms with Gasteiger partial charge >= 0.3 is 0 Å². The van der Waals surface area contributed by atoms with Crippen LogP contribution in [-0.2, 0) is 21.5 Å². The van der Waals surface area contributed by atoms with E-state index in [1.807, 2.05) is 55.5 Å². The molecule has 1 aromatic heterocycles. The van der Waals surface area contributed by atoms with Crippen molar-refractivity contribution in [2.75, 3.05) is 26.7 Å². The summed E-state index contributed by atoms with van der Waals surface area (Å²) >= 11 is 0. The van der Waals surface area contributed by atoms with Crippen LogP contribution in [0, 0.1) is 5.82 Å². The van der Waals surface area contributed by atoms with Crippen molar-refractivity contribution >= 4 is 22.7 Å². The molecule has 0 saturated carbocycles. The van der Waals surface area contributed by atoms with Crippen molar-refractivity contribution in [3.05, 3.63) is 101 Å². The Morgan fingerprint density at radius 1 is 1.05 bits per heavy atom. The first-order chi connectivity index (χ1) is 17.9. The molecule has 2 aliphatic rings. The van der Waals surface area contributed by atoms with Crippen LogP contribution in [-0.4, -0.2) is 53.3 Å². The van der Waals surface area contributed by atoms with E-state index in [-0.39, 0.29) is 30.1 Å². The number of fused-ring (bicyclic) bond motifs is 5. The van der Waals surface area contributed by atoms with Crippen LogP contribution in [0.3, 0.4) is 0 Å². The fourth-order valence-electron chi connectivity index (χ4n) is 5.95. The molecule has 188 valence electrons. The largest absolute Gasteiger partial charge is 0.497 e. The Balaban J connectivity index is 1.43. The number of methoxy groups -OCH3 is 1. The van der Waals surface area contributed by atoms with Crippen LogP contribution in [0.5, 0.6) is 5.75 Å². The summed E-state index contributed by atoms with van der Waals surface area (Å²) in [5.41, 5.74) is 3.44. The number of piperazine rings is 1. The number of hydrogen-bond acceptors (Lipinski definition) is 3. The maximum atomic E-state index is 14.1. The molecule has 0 aliphatic carbocycles. The van der Waals surface area contributed by atoms with Gasteiger partial charge in [-0.1, -0.05) is 42.5 Å². The molecule has 1 fully saturated rings. The first kappa shape index (κ1) is 23.3. The van der Waals surface area contributed by atoms with Crippen LogP contribution in [0.25, 0.3) is 10.9 Å². The topological polar surface area (TPSA) is 65.6 Å². The van der Waals surface area contributed by atoms with E-state index in [0.29, 0.717) is 19.5 Å². The van der Waals surface area contributed by atoms with Gasteiger partial charge in [-0.05, 0) is 60.4 Å². The minimum absolute atomic E-state index is 0.00856. The summed E-state index contributed by atoms with van der Waals surface area (Å²) in [6.07, 6.45) is 0.473. The highest BCUT2D eigenvalue weighted by Crippen LogP contribution is 2.48. The summed E-state index contributed by atoms with van der Waals surface area (Å²) in [5, 5.41) is 1.05. The molecule has 6 rings (SSSR count). The zero-order valence-corrected chi connectivity index (χ0v) is 20.8. The van der Waals surface area contributed by atoms with Crippen LogP contribution in [0.2, 0.25) is 0 Å².